The molecule has 0 aliphatic heterocycles. The molecule has 1 fully saturated rings. The minimum absolute atomic E-state index is 0.230. The molecule has 0 spiro atoms. The van der Waals surface area contributed by atoms with Crippen molar-refractivity contribution in [2.24, 2.45) is 11.7 Å². The van der Waals surface area contributed by atoms with E-state index < -0.39 is 17.6 Å². The molecule has 1 aromatic carbocycles. The Labute approximate surface area is 116 Å². The Hall–Kier alpha value is -1.10. The lowest BCUT2D eigenvalue weighted by Gasteiger charge is -2.23. The van der Waals surface area contributed by atoms with Crippen molar-refractivity contribution in [3.05, 3.63) is 35.1 Å². The Balaban J connectivity index is 2.18. The second-order valence-corrected chi connectivity index (χ2v) is 5.51. The molecule has 1 atom stereocenters. The van der Waals surface area contributed by atoms with Crippen LogP contribution >= 0.6 is 0 Å². The summed E-state index contributed by atoms with van der Waals surface area (Å²) in [7, 11) is 0. The average molecular weight is 289 g/mol. The third kappa shape index (κ3) is 3.51. The van der Waals surface area contributed by atoms with Crippen LogP contribution in [0, 0.1) is 11.7 Å². The van der Waals surface area contributed by atoms with Crippen molar-refractivity contribution in [2.45, 2.75) is 50.7 Å². The summed E-state index contributed by atoms with van der Waals surface area (Å²) < 4.78 is 51.1. The molecule has 0 saturated heterocycles. The van der Waals surface area contributed by atoms with E-state index in [1.54, 1.807) is 0 Å². The lowest BCUT2D eigenvalue weighted by molar-refractivity contribution is -0.140. The van der Waals surface area contributed by atoms with E-state index in [-0.39, 0.29) is 12.0 Å². The van der Waals surface area contributed by atoms with Crippen LogP contribution in [-0.4, -0.2) is 0 Å². The summed E-state index contributed by atoms with van der Waals surface area (Å²) in [6.07, 6.45) is 1.78. The Bertz CT molecular complexity index is 448. The zero-order chi connectivity index (χ0) is 14.8. The van der Waals surface area contributed by atoms with Crippen LogP contribution in [-0.2, 0) is 6.18 Å². The molecule has 0 bridgehead atoms. The van der Waals surface area contributed by atoms with Crippen molar-refractivity contribution in [3.63, 3.8) is 0 Å². The molecule has 2 rings (SSSR count). The zero-order valence-corrected chi connectivity index (χ0v) is 11.2. The van der Waals surface area contributed by atoms with E-state index in [0.717, 1.165) is 37.8 Å². The zero-order valence-electron chi connectivity index (χ0n) is 11.2. The maximum absolute atomic E-state index is 13.6. The largest absolute Gasteiger partial charge is 0.419 e. The highest BCUT2D eigenvalue weighted by molar-refractivity contribution is 5.28. The number of hydrogen-bond acceptors (Lipinski definition) is 1. The van der Waals surface area contributed by atoms with Gasteiger partial charge in [-0.3, -0.25) is 0 Å². The first-order valence-electron chi connectivity index (χ1n) is 7.02. The molecule has 1 unspecified atom stereocenters. The van der Waals surface area contributed by atoms with E-state index in [0.29, 0.717) is 5.56 Å². The van der Waals surface area contributed by atoms with Gasteiger partial charge in [0, 0.05) is 6.04 Å². The summed E-state index contributed by atoms with van der Waals surface area (Å²) in [5.41, 5.74) is 5.35. The minimum Gasteiger partial charge on any atom is -0.324 e. The summed E-state index contributed by atoms with van der Waals surface area (Å²) in [5, 5.41) is 0. The molecule has 1 saturated carbocycles. The van der Waals surface area contributed by atoms with E-state index in [9.17, 15) is 17.6 Å². The predicted molar refractivity (Wildman–Crippen MR) is 69.5 cm³/mol. The minimum atomic E-state index is -4.66. The third-order valence-electron chi connectivity index (χ3n) is 4.09. The van der Waals surface area contributed by atoms with Crippen LogP contribution in [0.4, 0.5) is 17.6 Å². The molecule has 20 heavy (non-hydrogen) atoms. The molecular weight excluding hydrogens is 270 g/mol. The molecule has 2 N–H and O–H groups in total. The second kappa shape index (κ2) is 6.12. The Morgan fingerprint density at radius 2 is 1.65 bits per heavy atom. The SMILES string of the molecule is NC(c1ccc(C(F)(F)F)c(F)c1)C1CCCCCC1. The van der Waals surface area contributed by atoms with Crippen molar-refractivity contribution >= 4 is 0 Å². The van der Waals surface area contributed by atoms with Crippen LogP contribution in [0.5, 0.6) is 0 Å². The third-order valence-corrected chi connectivity index (χ3v) is 4.09. The number of halogens is 4. The van der Waals surface area contributed by atoms with Crippen LogP contribution < -0.4 is 5.73 Å². The molecule has 1 aliphatic rings. The van der Waals surface area contributed by atoms with Crippen molar-refractivity contribution in [1.29, 1.82) is 0 Å². The van der Waals surface area contributed by atoms with Gasteiger partial charge in [-0.1, -0.05) is 31.7 Å². The number of benzene rings is 1. The molecular formula is C15H19F4N. The molecule has 1 aliphatic carbocycles. The number of hydrogen-bond donors (Lipinski definition) is 1. The summed E-state index contributed by atoms with van der Waals surface area (Å²) >= 11 is 0. The molecule has 0 amide bonds. The van der Waals surface area contributed by atoms with E-state index in [1.807, 2.05) is 0 Å². The van der Waals surface area contributed by atoms with Gasteiger partial charge in [0.1, 0.15) is 5.82 Å². The van der Waals surface area contributed by atoms with Gasteiger partial charge in [-0.25, -0.2) is 4.39 Å². The van der Waals surface area contributed by atoms with Gasteiger partial charge < -0.3 is 5.73 Å². The fourth-order valence-corrected chi connectivity index (χ4v) is 2.91. The highest BCUT2D eigenvalue weighted by atomic mass is 19.4. The first-order valence-corrected chi connectivity index (χ1v) is 7.02. The highest BCUT2D eigenvalue weighted by Crippen LogP contribution is 2.35. The van der Waals surface area contributed by atoms with Gasteiger partial charge in [-0.15, -0.1) is 0 Å². The quantitative estimate of drug-likeness (QED) is 0.613. The standard InChI is InChI=1S/C15H19F4N/c16-13-9-11(7-8-12(13)15(17,18)19)14(20)10-5-3-1-2-4-6-10/h7-10,14H,1-6,20H2. The van der Waals surface area contributed by atoms with Crippen molar-refractivity contribution in [3.8, 4) is 0 Å². The van der Waals surface area contributed by atoms with Crippen molar-refractivity contribution < 1.29 is 17.6 Å². The fraction of sp³-hybridized carbons (Fsp3) is 0.600. The monoisotopic (exact) mass is 289 g/mol. The van der Waals surface area contributed by atoms with Crippen LogP contribution in [0.25, 0.3) is 0 Å². The van der Waals surface area contributed by atoms with Gasteiger partial charge in [0.25, 0.3) is 0 Å². The van der Waals surface area contributed by atoms with Crippen LogP contribution in [0.2, 0.25) is 0 Å². The lowest BCUT2D eigenvalue weighted by Crippen LogP contribution is -2.21. The predicted octanol–water partition coefficient (Wildman–Crippen LogP) is 4.81. The van der Waals surface area contributed by atoms with Crippen molar-refractivity contribution in [1.82, 2.24) is 0 Å². The van der Waals surface area contributed by atoms with Gasteiger partial charge >= 0.3 is 6.18 Å². The molecule has 112 valence electrons. The first-order chi connectivity index (χ1) is 9.39. The average Bonchev–Trinajstić information content (AvgIpc) is 2.65. The number of rotatable bonds is 2. The Kier molecular flexibility index (Phi) is 4.68. The lowest BCUT2D eigenvalue weighted by atomic mass is 9.87. The van der Waals surface area contributed by atoms with Gasteiger partial charge in [0.05, 0.1) is 5.56 Å². The summed E-state index contributed by atoms with van der Waals surface area (Å²) in [6, 6.07) is 2.66. The van der Waals surface area contributed by atoms with Crippen molar-refractivity contribution in [2.75, 3.05) is 0 Å². The van der Waals surface area contributed by atoms with Crippen LogP contribution in [0.3, 0.4) is 0 Å². The van der Waals surface area contributed by atoms with Crippen LogP contribution in [0.1, 0.15) is 55.7 Å². The maximum atomic E-state index is 13.6. The molecule has 1 nitrogen and oxygen atoms in total. The molecule has 0 radical (unpaired) electrons. The fourth-order valence-electron chi connectivity index (χ4n) is 2.91. The van der Waals surface area contributed by atoms with Gasteiger partial charge in [-0.2, -0.15) is 13.2 Å². The summed E-state index contributed by atoms with van der Waals surface area (Å²) in [5.74, 6) is -1.01. The van der Waals surface area contributed by atoms with E-state index in [4.69, 9.17) is 5.73 Å². The molecule has 5 heteroatoms. The van der Waals surface area contributed by atoms with Gasteiger partial charge in [0.2, 0.25) is 0 Å². The highest BCUT2D eigenvalue weighted by Gasteiger charge is 2.34. The second-order valence-electron chi connectivity index (χ2n) is 5.51. The normalized spacial score (nSPS) is 19.6. The topological polar surface area (TPSA) is 26.0 Å². The molecule has 0 aromatic heterocycles. The molecule has 0 heterocycles. The van der Waals surface area contributed by atoms with Crippen LogP contribution in [0.15, 0.2) is 18.2 Å². The smallest absolute Gasteiger partial charge is 0.324 e. The summed E-state index contributed by atoms with van der Waals surface area (Å²) in [6.45, 7) is 0. The number of alkyl halides is 3. The Morgan fingerprint density at radius 3 is 2.15 bits per heavy atom. The van der Waals surface area contributed by atoms with Gasteiger partial charge in [-0.05, 0) is 36.5 Å². The van der Waals surface area contributed by atoms with Gasteiger partial charge in [0.15, 0.2) is 0 Å². The maximum Gasteiger partial charge on any atom is 0.419 e. The first kappa shape index (κ1) is 15.3. The number of nitrogens with two attached hydrogens (primary N) is 1. The van der Waals surface area contributed by atoms with E-state index in [1.165, 1.54) is 18.9 Å². The van der Waals surface area contributed by atoms with E-state index in [2.05, 4.69) is 0 Å². The summed E-state index contributed by atoms with van der Waals surface area (Å²) in [4.78, 5) is 0. The van der Waals surface area contributed by atoms with E-state index >= 15 is 0 Å². The Morgan fingerprint density at radius 1 is 1.05 bits per heavy atom. The molecule has 1 aromatic rings.